The van der Waals surface area contributed by atoms with E-state index < -0.39 is 19.9 Å². The van der Waals surface area contributed by atoms with Crippen LogP contribution in [0.5, 0.6) is 11.5 Å². The Balaban J connectivity index is 1.23. The van der Waals surface area contributed by atoms with E-state index >= 15 is 0 Å². The highest BCUT2D eigenvalue weighted by Gasteiger charge is 2.43. The number of piperidine rings is 1. The van der Waals surface area contributed by atoms with Gasteiger partial charge >= 0.3 is 0 Å². The van der Waals surface area contributed by atoms with Crippen molar-refractivity contribution in [3.05, 3.63) is 48.0 Å². The molecule has 2 aromatic rings. The van der Waals surface area contributed by atoms with Gasteiger partial charge in [0.15, 0.2) is 11.5 Å². The van der Waals surface area contributed by atoms with E-state index in [-0.39, 0.29) is 33.9 Å². The molecule has 0 N–H and O–H groups in total. The van der Waals surface area contributed by atoms with Crippen LogP contribution in [-0.4, -0.2) is 87.8 Å². The molecule has 3 aliphatic heterocycles. The number of rotatable bonds is 9. The average molecular weight is 606 g/mol. The minimum Gasteiger partial charge on any atom is -0.454 e. The minimum atomic E-state index is -3.68. The lowest BCUT2D eigenvalue weighted by Crippen LogP contribution is -2.63. The van der Waals surface area contributed by atoms with Crippen LogP contribution in [0.25, 0.3) is 0 Å². The summed E-state index contributed by atoms with van der Waals surface area (Å²) in [6.07, 6.45) is 3.39. The summed E-state index contributed by atoms with van der Waals surface area (Å²) in [7, 11) is -6.84. The molecule has 9 nitrogen and oxygen atoms in total. The van der Waals surface area contributed by atoms with Gasteiger partial charge in [0.1, 0.15) is 0 Å². The van der Waals surface area contributed by atoms with Crippen molar-refractivity contribution >= 4 is 19.9 Å². The van der Waals surface area contributed by atoms with Gasteiger partial charge in [0.2, 0.25) is 26.7 Å². The number of hydrogen-bond acceptors (Lipinski definition) is 8. The third kappa shape index (κ3) is 5.88. The fourth-order valence-electron chi connectivity index (χ4n) is 6.74. The molecule has 0 unspecified atom stereocenters. The van der Waals surface area contributed by atoms with Gasteiger partial charge < -0.3 is 9.47 Å². The molecule has 5 rings (SSSR count). The largest absolute Gasteiger partial charge is 0.454 e. The smallest absolute Gasteiger partial charge is 0.231 e. The SMILES string of the molecule is CCCS(=O)(=O)N1CCC(CC)(N2CCN([C@@H](C)c3ccc(S(=O)(=O)c4ccc5c(c4)OCO5)cc3)[C@H](C)C2)CC1. The second kappa shape index (κ2) is 11.8. The first-order chi connectivity index (χ1) is 19.5. The molecule has 0 bridgehead atoms. The quantitative estimate of drug-likeness (QED) is 0.418. The van der Waals surface area contributed by atoms with E-state index in [1.54, 1.807) is 28.6 Å². The van der Waals surface area contributed by atoms with Crippen LogP contribution in [0.1, 0.15) is 65.0 Å². The zero-order valence-electron chi connectivity index (χ0n) is 24.6. The van der Waals surface area contributed by atoms with E-state index in [2.05, 4.69) is 30.6 Å². The molecular formula is C30H43N3O6S2. The molecule has 2 aromatic carbocycles. The number of nitrogens with zero attached hydrogens (tertiary/aromatic N) is 3. The lowest BCUT2D eigenvalue weighted by molar-refractivity contribution is -0.0330. The molecule has 2 atom stereocenters. The Bertz CT molecular complexity index is 1440. The van der Waals surface area contributed by atoms with Crippen LogP contribution in [0.2, 0.25) is 0 Å². The van der Waals surface area contributed by atoms with Crippen molar-refractivity contribution in [1.82, 2.24) is 14.1 Å². The Morgan fingerprint density at radius 1 is 0.902 bits per heavy atom. The first kappa shape index (κ1) is 30.3. The van der Waals surface area contributed by atoms with Gasteiger partial charge in [-0.1, -0.05) is 26.0 Å². The summed E-state index contributed by atoms with van der Waals surface area (Å²) in [5.41, 5.74) is 1.11. The van der Waals surface area contributed by atoms with E-state index in [1.165, 1.54) is 6.07 Å². The van der Waals surface area contributed by atoms with E-state index in [0.29, 0.717) is 37.1 Å². The van der Waals surface area contributed by atoms with Gasteiger partial charge in [-0.15, -0.1) is 0 Å². The van der Waals surface area contributed by atoms with Crippen molar-refractivity contribution in [1.29, 1.82) is 0 Å². The maximum atomic E-state index is 13.3. The molecule has 0 aromatic heterocycles. The Labute approximate surface area is 245 Å². The highest BCUT2D eigenvalue weighted by atomic mass is 32.2. The summed E-state index contributed by atoms with van der Waals surface area (Å²) < 4.78 is 64.1. The van der Waals surface area contributed by atoms with Crippen LogP contribution in [-0.2, 0) is 19.9 Å². The standard InChI is InChI=1S/C30H43N3O6S2/c1-5-19-40(34,35)32-15-13-30(6-2,14-16-32)31-17-18-33(23(3)21-31)24(4)25-7-9-26(10-8-25)41(36,37)27-11-12-28-29(20-27)39-22-38-28/h7-12,20,23-24H,5-6,13-19,21-22H2,1-4H3/t23-,24+/m1/s1. The van der Waals surface area contributed by atoms with E-state index in [1.807, 2.05) is 19.1 Å². The molecule has 0 amide bonds. The Kier molecular flexibility index (Phi) is 8.74. The number of sulfone groups is 1. The average Bonchev–Trinajstić information content (AvgIpc) is 3.45. The summed E-state index contributed by atoms with van der Waals surface area (Å²) in [4.78, 5) is 5.53. The molecule has 2 fully saturated rings. The predicted molar refractivity (Wildman–Crippen MR) is 159 cm³/mol. The first-order valence-electron chi connectivity index (χ1n) is 14.7. The molecule has 11 heteroatoms. The van der Waals surface area contributed by atoms with Gasteiger partial charge in [0.25, 0.3) is 0 Å². The van der Waals surface area contributed by atoms with E-state index in [4.69, 9.17) is 9.47 Å². The highest BCUT2D eigenvalue weighted by Crippen LogP contribution is 2.38. The second-order valence-corrected chi connectivity index (χ2v) is 15.6. The van der Waals surface area contributed by atoms with Crippen LogP contribution in [0, 0.1) is 0 Å². The number of sulfonamides is 1. The lowest BCUT2D eigenvalue weighted by Gasteiger charge is -2.53. The monoisotopic (exact) mass is 605 g/mol. The topological polar surface area (TPSA) is 96.5 Å². The third-order valence-corrected chi connectivity index (χ3v) is 13.2. The van der Waals surface area contributed by atoms with Crippen molar-refractivity contribution in [3.63, 3.8) is 0 Å². The first-order valence-corrected chi connectivity index (χ1v) is 17.8. The van der Waals surface area contributed by atoms with Crippen molar-refractivity contribution in [2.75, 3.05) is 45.3 Å². The van der Waals surface area contributed by atoms with Crippen LogP contribution in [0.3, 0.4) is 0 Å². The molecular weight excluding hydrogens is 562 g/mol. The van der Waals surface area contributed by atoms with Gasteiger partial charge in [-0.3, -0.25) is 9.80 Å². The van der Waals surface area contributed by atoms with Crippen molar-refractivity contribution in [3.8, 4) is 11.5 Å². The lowest BCUT2D eigenvalue weighted by atomic mass is 9.82. The molecule has 0 radical (unpaired) electrons. The molecule has 0 aliphatic carbocycles. The Hall–Kier alpha value is -2.18. The summed E-state index contributed by atoms with van der Waals surface area (Å²) in [6.45, 7) is 12.6. The number of hydrogen-bond donors (Lipinski definition) is 0. The zero-order valence-corrected chi connectivity index (χ0v) is 26.2. The number of ether oxygens (including phenoxy) is 2. The summed E-state index contributed by atoms with van der Waals surface area (Å²) in [5.74, 6) is 1.23. The minimum absolute atomic E-state index is 0.0343. The maximum Gasteiger partial charge on any atom is 0.231 e. The van der Waals surface area contributed by atoms with Crippen molar-refractivity contribution in [2.24, 2.45) is 0 Å². The van der Waals surface area contributed by atoms with Crippen LogP contribution >= 0.6 is 0 Å². The molecule has 2 saturated heterocycles. The Morgan fingerprint density at radius 3 is 2.20 bits per heavy atom. The normalized spacial score (nSPS) is 23.0. The predicted octanol–water partition coefficient (Wildman–Crippen LogP) is 4.30. The third-order valence-electron chi connectivity index (χ3n) is 9.34. The van der Waals surface area contributed by atoms with Crippen molar-refractivity contribution < 1.29 is 26.3 Å². The number of fused-ring (bicyclic) bond motifs is 1. The van der Waals surface area contributed by atoms with Crippen LogP contribution in [0.4, 0.5) is 0 Å². The van der Waals surface area contributed by atoms with Crippen LogP contribution in [0.15, 0.2) is 52.3 Å². The van der Waals surface area contributed by atoms with Gasteiger partial charge in [-0.05, 0) is 69.4 Å². The summed E-state index contributed by atoms with van der Waals surface area (Å²) >= 11 is 0. The molecule has 3 heterocycles. The van der Waals surface area contributed by atoms with Gasteiger partial charge in [-0.25, -0.2) is 21.1 Å². The fraction of sp³-hybridized carbons (Fsp3) is 0.600. The Morgan fingerprint density at radius 2 is 1.56 bits per heavy atom. The molecule has 0 saturated carbocycles. The van der Waals surface area contributed by atoms with Crippen molar-refractivity contribution in [2.45, 2.75) is 80.8 Å². The summed E-state index contributed by atoms with van der Waals surface area (Å²) in [6, 6.07) is 12.4. The van der Waals surface area contributed by atoms with E-state index in [9.17, 15) is 16.8 Å². The van der Waals surface area contributed by atoms with Gasteiger partial charge in [0, 0.05) is 56.4 Å². The zero-order chi connectivity index (χ0) is 29.4. The summed E-state index contributed by atoms with van der Waals surface area (Å²) in [5, 5.41) is 0. The highest BCUT2D eigenvalue weighted by molar-refractivity contribution is 7.91. The van der Waals surface area contributed by atoms with E-state index in [0.717, 1.165) is 44.5 Å². The maximum absolute atomic E-state index is 13.3. The van der Waals surface area contributed by atoms with Crippen LogP contribution < -0.4 is 9.47 Å². The molecule has 0 spiro atoms. The van der Waals surface area contributed by atoms with Gasteiger partial charge in [0.05, 0.1) is 15.5 Å². The number of benzene rings is 2. The number of piperazine rings is 1. The molecule has 41 heavy (non-hydrogen) atoms. The second-order valence-electron chi connectivity index (χ2n) is 11.6. The van der Waals surface area contributed by atoms with Gasteiger partial charge in [-0.2, -0.15) is 0 Å². The fourth-order valence-corrected chi connectivity index (χ4v) is 9.52. The molecule has 3 aliphatic rings. The molecule has 226 valence electrons.